The predicted octanol–water partition coefficient (Wildman–Crippen LogP) is 4.61. The van der Waals surface area contributed by atoms with Crippen molar-refractivity contribution in [1.29, 1.82) is 5.26 Å². The number of benzene rings is 1. The first-order valence-electron chi connectivity index (χ1n) is 9.08. The molecule has 3 rings (SSSR count). The molecule has 1 aliphatic rings. The van der Waals surface area contributed by atoms with Gasteiger partial charge in [-0.1, -0.05) is 12.1 Å². The number of halogens is 1. The van der Waals surface area contributed by atoms with Gasteiger partial charge in [-0.05, 0) is 32.9 Å². The highest BCUT2D eigenvalue weighted by Gasteiger charge is 2.19. The SMILES string of the molecule is C/C=C(\C=N/C(C)OCC1COC1)c1sc(C)nc1-c1ccc(C#N)c(F)c1. The van der Waals surface area contributed by atoms with Gasteiger partial charge in [0.25, 0.3) is 0 Å². The molecule has 0 saturated carbocycles. The second kappa shape index (κ2) is 9.20. The van der Waals surface area contributed by atoms with E-state index in [0.29, 0.717) is 23.8 Å². The molecular formula is C21H22FN3O2S. The third kappa shape index (κ3) is 4.71. The van der Waals surface area contributed by atoms with Gasteiger partial charge < -0.3 is 9.47 Å². The Kier molecular flexibility index (Phi) is 6.68. The average molecular weight is 399 g/mol. The fraction of sp³-hybridized carbons (Fsp3) is 0.381. The molecule has 1 aromatic heterocycles. The third-order valence-electron chi connectivity index (χ3n) is 4.37. The Labute approximate surface area is 168 Å². The maximum Gasteiger partial charge on any atom is 0.145 e. The molecule has 7 heteroatoms. The molecule has 0 spiro atoms. The number of hydrogen-bond donors (Lipinski definition) is 0. The second-order valence-corrected chi connectivity index (χ2v) is 7.78. The summed E-state index contributed by atoms with van der Waals surface area (Å²) in [6.45, 7) is 7.88. The van der Waals surface area contributed by atoms with E-state index in [1.54, 1.807) is 12.3 Å². The zero-order chi connectivity index (χ0) is 20.1. The van der Waals surface area contributed by atoms with E-state index in [4.69, 9.17) is 14.7 Å². The Morgan fingerprint density at radius 3 is 2.93 bits per heavy atom. The summed E-state index contributed by atoms with van der Waals surface area (Å²) in [5, 5.41) is 9.81. The van der Waals surface area contributed by atoms with E-state index in [1.807, 2.05) is 32.9 Å². The number of hydrogen-bond acceptors (Lipinski definition) is 6. The zero-order valence-corrected chi connectivity index (χ0v) is 16.9. The summed E-state index contributed by atoms with van der Waals surface area (Å²) in [6.07, 6.45) is 3.46. The Morgan fingerprint density at radius 1 is 1.54 bits per heavy atom. The molecule has 1 unspecified atom stereocenters. The van der Waals surface area contributed by atoms with Crippen LogP contribution in [0.4, 0.5) is 4.39 Å². The van der Waals surface area contributed by atoms with Crippen molar-refractivity contribution in [3.63, 3.8) is 0 Å². The number of nitrogens with zero attached hydrogens (tertiary/aromatic N) is 3. The fourth-order valence-electron chi connectivity index (χ4n) is 2.72. The first-order chi connectivity index (χ1) is 13.5. The summed E-state index contributed by atoms with van der Waals surface area (Å²) >= 11 is 1.52. The number of nitriles is 1. The van der Waals surface area contributed by atoms with Gasteiger partial charge in [0.15, 0.2) is 0 Å². The Bertz CT molecular complexity index is 942. The van der Waals surface area contributed by atoms with Crippen molar-refractivity contribution in [1.82, 2.24) is 4.98 Å². The fourth-order valence-corrected chi connectivity index (χ4v) is 3.70. The number of rotatable bonds is 7. The summed E-state index contributed by atoms with van der Waals surface area (Å²) in [7, 11) is 0. The van der Waals surface area contributed by atoms with Gasteiger partial charge in [0.05, 0.1) is 41.0 Å². The molecule has 28 heavy (non-hydrogen) atoms. The highest BCUT2D eigenvalue weighted by atomic mass is 32.1. The lowest BCUT2D eigenvalue weighted by molar-refractivity contribution is -0.0829. The lowest BCUT2D eigenvalue weighted by Gasteiger charge is -2.26. The normalized spacial score (nSPS) is 16.2. The Balaban J connectivity index is 1.80. The molecule has 1 saturated heterocycles. The first kappa shape index (κ1) is 20.3. The van der Waals surface area contributed by atoms with E-state index in [2.05, 4.69) is 9.98 Å². The number of aliphatic imine (C=N–C) groups is 1. The molecule has 0 amide bonds. The first-order valence-corrected chi connectivity index (χ1v) is 9.90. The molecule has 2 aromatic rings. The van der Waals surface area contributed by atoms with E-state index in [1.165, 1.54) is 23.5 Å². The topological polar surface area (TPSA) is 67.5 Å². The minimum absolute atomic E-state index is 0.0212. The molecule has 0 N–H and O–H groups in total. The maximum absolute atomic E-state index is 14.1. The van der Waals surface area contributed by atoms with Crippen molar-refractivity contribution < 1.29 is 13.9 Å². The van der Waals surface area contributed by atoms with Crippen molar-refractivity contribution >= 4 is 23.1 Å². The van der Waals surface area contributed by atoms with Crippen molar-refractivity contribution in [2.45, 2.75) is 27.0 Å². The molecule has 5 nitrogen and oxygen atoms in total. The van der Waals surface area contributed by atoms with Crippen LogP contribution < -0.4 is 0 Å². The van der Waals surface area contributed by atoms with Gasteiger partial charge in [-0.3, -0.25) is 4.99 Å². The van der Waals surface area contributed by atoms with Gasteiger partial charge in [0, 0.05) is 23.3 Å². The quantitative estimate of drug-likeness (QED) is 0.638. The van der Waals surface area contributed by atoms with Gasteiger partial charge in [0.1, 0.15) is 18.1 Å². The van der Waals surface area contributed by atoms with Crippen LogP contribution in [0.2, 0.25) is 0 Å². The maximum atomic E-state index is 14.1. The van der Waals surface area contributed by atoms with Crippen LogP contribution in [0.25, 0.3) is 16.8 Å². The second-order valence-electron chi connectivity index (χ2n) is 6.58. The molecule has 1 aliphatic heterocycles. The lowest BCUT2D eigenvalue weighted by atomic mass is 10.1. The minimum Gasteiger partial charge on any atom is -0.381 e. The van der Waals surface area contributed by atoms with Crippen LogP contribution in [-0.4, -0.2) is 37.2 Å². The van der Waals surface area contributed by atoms with Gasteiger partial charge in [-0.15, -0.1) is 11.3 Å². The van der Waals surface area contributed by atoms with E-state index in [9.17, 15) is 4.39 Å². The summed E-state index contributed by atoms with van der Waals surface area (Å²) < 4.78 is 25.0. The standard InChI is InChI=1S/C21H22FN3O2S/c1-4-16(9-24-13(2)27-12-15-10-26-11-15)21-20(25-14(3)28-21)17-5-6-18(8-23)19(22)7-17/h4-7,9,13,15H,10-12H2,1-3H3/b16-4+,24-9-. The Hall–Kier alpha value is -2.40. The van der Waals surface area contributed by atoms with Crippen LogP contribution in [0.5, 0.6) is 0 Å². The highest BCUT2D eigenvalue weighted by Crippen LogP contribution is 2.33. The van der Waals surface area contributed by atoms with Crippen LogP contribution >= 0.6 is 11.3 Å². The van der Waals surface area contributed by atoms with Crippen molar-refractivity contribution in [3.05, 3.63) is 45.5 Å². The molecule has 1 fully saturated rings. The third-order valence-corrected chi connectivity index (χ3v) is 5.39. The number of aromatic nitrogens is 1. The molecule has 146 valence electrons. The molecular weight excluding hydrogens is 377 g/mol. The van der Waals surface area contributed by atoms with E-state index in [0.717, 1.165) is 28.7 Å². The van der Waals surface area contributed by atoms with Gasteiger partial charge in [0.2, 0.25) is 0 Å². The number of allylic oxidation sites excluding steroid dienone is 2. The van der Waals surface area contributed by atoms with Crippen molar-refractivity contribution in [2.24, 2.45) is 10.9 Å². The van der Waals surface area contributed by atoms with Crippen LogP contribution in [0.3, 0.4) is 0 Å². The van der Waals surface area contributed by atoms with E-state index >= 15 is 0 Å². The zero-order valence-electron chi connectivity index (χ0n) is 16.1. The van der Waals surface area contributed by atoms with Crippen LogP contribution in [0.1, 0.15) is 29.3 Å². The number of aryl methyl sites for hydroxylation is 1. The molecule has 0 radical (unpaired) electrons. The summed E-state index contributed by atoms with van der Waals surface area (Å²) in [6, 6.07) is 6.39. The smallest absolute Gasteiger partial charge is 0.145 e. The lowest BCUT2D eigenvalue weighted by Crippen LogP contribution is -2.32. The molecule has 2 heterocycles. The molecule has 1 atom stereocenters. The Morgan fingerprint density at radius 2 is 2.32 bits per heavy atom. The monoisotopic (exact) mass is 399 g/mol. The molecule has 0 aliphatic carbocycles. The predicted molar refractivity (Wildman–Crippen MR) is 109 cm³/mol. The number of thiazole rings is 1. The summed E-state index contributed by atoms with van der Waals surface area (Å²) in [4.78, 5) is 9.98. The largest absolute Gasteiger partial charge is 0.381 e. The summed E-state index contributed by atoms with van der Waals surface area (Å²) in [5.74, 6) is -0.0878. The summed E-state index contributed by atoms with van der Waals surface area (Å²) in [5.41, 5.74) is 2.24. The average Bonchev–Trinajstić information content (AvgIpc) is 3.02. The van der Waals surface area contributed by atoms with Gasteiger partial charge >= 0.3 is 0 Å². The van der Waals surface area contributed by atoms with E-state index < -0.39 is 5.82 Å². The van der Waals surface area contributed by atoms with Crippen molar-refractivity contribution in [3.8, 4) is 17.3 Å². The van der Waals surface area contributed by atoms with Crippen LogP contribution in [0, 0.1) is 30.0 Å². The van der Waals surface area contributed by atoms with Crippen LogP contribution in [0.15, 0.2) is 29.3 Å². The van der Waals surface area contributed by atoms with Crippen LogP contribution in [-0.2, 0) is 9.47 Å². The van der Waals surface area contributed by atoms with Gasteiger partial charge in [-0.25, -0.2) is 9.37 Å². The number of ether oxygens (including phenoxy) is 2. The van der Waals surface area contributed by atoms with Crippen molar-refractivity contribution in [2.75, 3.05) is 19.8 Å². The van der Waals surface area contributed by atoms with E-state index in [-0.39, 0.29) is 11.8 Å². The van der Waals surface area contributed by atoms with Gasteiger partial charge in [-0.2, -0.15) is 5.26 Å². The molecule has 1 aromatic carbocycles. The minimum atomic E-state index is -0.547. The highest BCUT2D eigenvalue weighted by molar-refractivity contribution is 7.13. The molecule has 0 bridgehead atoms.